The van der Waals surface area contributed by atoms with E-state index in [9.17, 15) is 13.2 Å². The largest absolute Gasteiger partial charge is 0.390 e. The summed E-state index contributed by atoms with van der Waals surface area (Å²) in [6.45, 7) is 0.159. The molecule has 1 aliphatic heterocycles. The van der Waals surface area contributed by atoms with Crippen LogP contribution in [-0.2, 0) is 4.74 Å². The summed E-state index contributed by atoms with van der Waals surface area (Å²) in [5, 5.41) is 8.55. The van der Waals surface area contributed by atoms with E-state index >= 15 is 0 Å². The van der Waals surface area contributed by atoms with Crippen molar-refractivity contribution in [2.24, 2.45) is 5.41 Å². The van der Waals surface area contributed by atoms with Crippen LogP contribution in [0.2, 0.25) is 0 Å². The molecule has 1 fully saturated rings. The van der Waals surface area contributed by atoms with Gasteiger partial charge in [0.05, 0.1) is 24.5 Å². The topological polar surface area (TPSA) is 33.0 Å². The van der Waals surface area contributed by atoms with E-state index in [1.807, 2.05) is 0 Å². The van der Waals surface area contributed by atoms with Crippen LogP contribution in [0, 0.1) is 16.7 Å². The molecule has 0 amide bonds. The molecule has 1 saturated heterocycles. The normalized spacial score (nSPS) is 30.2. The summed E-state index contributed by atoms with van der Waals surface area (Å²) < 4.78 is 40.6. The Morgan fingerprint density at radius 1 is 1.50 bits per heavy atom. The number of nitriles is 1. The molecule has 0 saturated carbocycles. The van der Waals surface area contributed by atoms with Gasteiger partial charge >= 0.3 is 6.18 Å². The molecule has 1 aliphatic rings. The molecule has 1 rings (SSSR count). The van der Waals surface area contributed by atoms with Crippen LogP contribution in [0.15, 0.2) is 0 Å². The lowest BCUT2D eigenvalue weighted by Gasteiger charge is -2.19. The van der Waals surface area contributed by atoms with Crippen molar-refractivity contribution < 1.29 is 17.9 Å². The molecule has 0 N–H and O–H groups in total. The van der Waals surface area contributed by atoms with Crippen LogP contribution in [-0.4, -0.2) is 19.4 Å². The SMILES string of the molecule is N#CC1(CC(F)(F)F)CCOC1. The maximum atomic E-state index is 11.9. The molecule has 1 atom stereocenters. The van der Waals surface area contributed by atoms with Crippen LogP contribution in [0.3, 0.4) is 0 Å². The Morgan fingerprint density at radius 2 is 2.17 bits per heavy atom. The van der Waals surface area contributed by atoms with Gasteiger partial charge in [-0.2, -0.15) is 18.4 Å². The van der Waals surface area contributed by atoms with Gasteiger partial charge in [0.15, 0.2) is 0 Å². The number of halogens is 3. The molecule has 0 radical (unpaired) electrons. The first-order valence-corrected chi connectivity index (χ1v) is 3.53. The van der Waals surface area contributed by atoms with Gasteiger partial charge in [-0.3, -0.25) is 0 Å². The maximum absolute atomic E-state index is 11.9. The predicted octanol–water partition coefficient (Wildman–Crippen LogP) is 1.87. The van der Waals surface area contributed by atoms with Gasteiger partial charge in [0.1, 0.15) is 0 Å². The van der Waals surface area contributed by atoms with Crippen molar-refractivity contribution in [3.8, 4) is 6.07 Å². The van der Waals surface area contributed by atoms with E-state index in [0.29, 0.717) is 0 Å². The maximum Gasteiger partial charge on any atom is 0.390 e. The highest BCUT2D eigenvalue weighted by molar-refractivity contribution is 5.02. The molecule has 0 aromatic heterocycles. The van der Waals surface area contributed by atoms with Gasteiger partial charge in [-0.15, -0.1) is 0 Å². The second-order valence-electron chi connectivity index (χ2n) is 2.99. The smallest absolute Gasteiger partial charge is 0.380 e. The van der Waals surface area contributed by atoms with E-state index in [0.717, 1.165) is 0 Å². The van der Waals surface area contributed by atoms with Crippen LogP contribution in [0.25, 0.3) is 0 Å². The lowest BCUT2D eigenvalue weighted by molar-refractivity contribution is -0.151. The van der Waals surface area contributed by atoms with Crippen molar-refractivity contribution >= 4 is 0 Å². The molecule has 0 aliphatic carbocycles. The zero-order valence-corrected chi connectivity index (χ0v) is 6.32. The standard InChI is InChI=1S/C7H8F3NO/c8-7(9,10)3-6(4-11)1-2-12-5-6/h1-3,5H2. The third-order valence-electron chi connectivity index (χ3n) is 1.88. The van der Waals surface area contributed by atoms with Crippen molar-refractivity contribution in [1.82, 2.24) is 0 Å². The average Bonchev–Trinajstić information content (AvgIpc) is 2.34. The van der Waals surface area contributed by atoms with Crippen LogP contribution in [0.5, 0.6) is 0 Å². The summed E-state index contributed by atoms with van der Waals surface area (Å²) in [6, 6.07) is 1.69. The molecule has 0 spiro atoms. The zero-order valence-electron chi connectivity index (χ0n) is 6.32. The van der Waals surface area contributed by atoms with E-state index in [4.69, 9.17) is 10.00 Å². The van der Waals surface area contributed by atoms with Gasteiger partial charge in [-0.05, 0) is 6.42 Å². The number of hydrogen-bond acceptors (Lipinski definition) is 2. The molecule has 0 aromatic carbocycles. The molecule has 68 valence electrons. The van der Waals surface area contributed by atoms with Gasteiger partial charge in [0, 0.05) is 6.61 Å². The minimum absolute atomic E-state index is 0.0942. The van der Waals surface area contributed by atoms with Gasteiger partial charge in [0.25, 0.3) is 0 Å². The Balaban J connectivity index is 2.64. The van der Waals surface area contributed by atoms with E-state index in [1.165, 1.54) is 0 Å². The minimum Gasteiger partial charge on any atom is -0.380 e. The Bertz CT molecular complexity index is 200. The Morgan fingerprint density at radius 3 is 2.50 bits per heavy atom. The first-order chi connectivity index (χ1) is 5.47. The van der Waals surface area contributed by atoms with Crippen LogP contribution in [0.1, 0.15) is 12.8 Å². The van der Waals surface area contributed by atoms with Crippen molar-refractivity contribution in [2.75, 3.05) is 13.2 Å². The Kier molecular flexibility index (Phi) is 2.29. The fraction of sp³-hybridized carbons (Fsp3) is 0.857. The summed E-state index contributed by atoms with van der Waals surface area (Å²) in [5.41, 5.74) is -1.32. The lowest BCUT2D eigenvalue weighted by Crippen LogP contribution is -2.26. The molecule has 2 nitrogen and oxygen atoms in total. The number of rotatable bonds is 1. The summed E-state index contributed by atoms with van der Waals surface area (Å²) in [5.74, 6) is 0. The first-order valence-electron chi connectivity index (χ1n) is 3.53. The third-order valence-corrected chi connectivity index (χ3v) is 1.88. The molecular formula is C7H8F3NO. The first kappa shape index (κ1) is 9.33. The third kappa shape index (κ3) is 2.11. The van der Waals surface area contributed by atoms with Crippen molar-refractivity contribution in [3.05, 3.63) is 0 Å². The highest BCUT2D eigenvalue weighted by Gasteiger charge is 2.45. The Labute approximate surface area is 67.9 Å². The molecule has 5 heteroatoms. The number of alkyl halides is 3. The van der Waals surface area contributed by atoms with Crippen molar-refractivity contribution in [2.45, 2.75) is 19.0 Å². The summed E-state index contributed by atoms with van der Waals surface area (Å²) in [6.07, 6.45) is -5.15. The van der Waals surface area contributed by atoms with E-state index in [2.05, 4.69) is 0 Å². The van der Waals surface area contributed by atoms with E-state index < -0.39 is 18.0 Å². The summed E-state index contributed by atoms with van der Waals surface area (Å²) >= 11 is 0. The fourth-order valence-corrected chi connectivity index (χ4v) is 1.26. The number of hydrogen-bond donors (Lipinski definition) is 0. The quantitative estimate of drug-likeness (QED) is 0.615. The zero-order chi connectivity index (χ0) is 9.24. The van der Waals surface area contributed by atoms with Crippen LogP contribution in [0.4, 0.5) is 13.2 Å². The van der Waals surface area contributed by atoms with E-state index in [-0.39, 0.29) is 19.6 Å². The molecule has 12 heavy (non-hydrogen) atoms. The predicted molar refractivity (Wildman–Crippen MR) is 34.2 cm³/mol. The lowest BCUT2D eigenvalue weighted by atomic mass is 9.85. The molecule has 1 heterocycles. The van der Waals surface area contributed by atoms with E-state index in [1.54, 1.807) is 6.07 Å². The van der Waals surface area contributed by atoms with Gasteiger partial charge in [0.2, 0.25) is 0 Å². The molecular weight excluding hydrogens is 171 g/mol. The fourth-order valence-electron chi connectivity index (χ4n) is 1.26. The molecule has 0 bridgehead atoms. The van der Waals surface area contributed by atoms with Crippen molar-refractivity contribution in [3.63, 3.8) is 0 Å². The van der Waals surface area contributed by atoms with Crippen LogP contribution < -0.4 is 0 Å². The summed E-state index contributed by atoms with van der Waals surface area (Å²) in [4.78, 5) is 0. The number of ether oxygens (including phenoxy) is 1. The molecule has 0 aromatic rings. The van der Waals surface area contributed by atoms with Crippen molar-refractivity contribution in [1.29, 1.82) is 5.26 Å². The average molecular weight is 179 g/mol. The highest BCUT2D eigenvalue weighted by atomic mass is 19.4. The monoisotopic (exact) mass is 179 g/mol. The Hall–Kier alpha value is -0.760. The van der Waals surface area contributed by atoms with Gasteiger partial charge in [-0.1, -0.05) is 0 Å². The summed E-state index contributed by atoms with van der Waals surface area (Å²) in [7, 11) is 0. The van der Waals surface area contributed by atoms with Gasteiger partial charge < -0.3 is 4.74 Å². The number of nitrogens with zero attached hydrogens (tertiary/aromatic N) is 1. The van der Waals surface area contributed by atoms with Crippen LogP contribution >= 0.6 is 0 Å². The second kappa shape index (κ2) is 2.94. The second-order valence-corrected chi connectivity index (χ2v) is 2.99. The molecule has 1 unspecified atom stereocenters. The van der Waals surface area contributed by atoms with Gasteiger partial charge in [-0.25, -0.2) is 0 Å². The minimum atomic E-state index is -4.27. The highest BCUT2D eigenvalue weighted by Crippen LogP contribution is 2.39.